The molecule has 11 heavy (non-hydrogen) atoms. The van der Waals surface area contributed by atoms with E-state index in [1.54, 1.807) is 0 Å². The summed E-state index contributed by atoms with van der Waals surface area (Å²) < 4.78 is 0. The molecule has 0 aliphatic heterocycles. The molecular weight excluding hydrogens is 184 g/mol. The first-order valence-electron chi connectivity index (χ1n) is 4.32. The van der Waals surface area contributed by atoms with E-state index in [2.05, 4.69) is 52.3 Å². The van der Waals surface area contributed by atoms with Gasteiger partial charge in [0.15, 0.2) is 0 Å². The van der Waals surface area contributed by atoms with Crippen molar-refractivity contribution in [1.29, 1.82) is 0 Å². The van der Waals surface area contributed by atoms with Gasteiger partial charge in [0.25, 0.3) is 0 Å². The van der Waals surface area contributed by atoms with Gasteiger partial charge in [-0.3, -0.25) is 0 Å². The maximum absolute atomic E-state index is 4.46. The molecule has 0 aromatic rings. The monoisotopic (exact) mass is 206 g/mol. The molecule has 0 spiro atoms. The largest absolute Gasteiger partial charge is 0.182 e. The van der Waals surface area contributed by atoms with Crippen LogP contribution < -0.4 is 0 Å². The van der Waals surface area contributed by atoms with Crippen LogP contribution in [0.1, 0.15) is 6.92 Å². The van der Waals surface area contributed by atoms with Crippen molar-refractivity contribution in [3.8, 4) is 0 Å². The van der Waals surface area contributed by atoms with E-state index in [-0.39, 0.29) is 0 Å². The molecule has 0 saturated heterocycles. The van der Waals surface area contributed by atoms with Gasteiger partial charge in [-0.2, -0.15) is 12.6 Å². The van der Waals surface area contributed by atoms with Gasteiger partial charge in [0.2, 0.25) is 0 Å². The molecule has 0 amide bonds. The normalized spacial score (nSPS) is 16.6. The second kappa shape index (κ2) is 3.66. The van der Waals surface area contributed by atoms with Crippen LogP contribution in [0.4, 0.5) is 0 Å². The molecule has 68 valence electrons. The van der Waals surface area contributed by atoms with Crippen LogP contribution in [0.25, 0.3) is 0 Å². The average Bonchev–Trinajstić information content (AvgIpc) is 1.84. The highest BCUT2D eigenvalue weighted by Crippen LogP contribution is 2.31. The van der Waals surface area contributed by atoms with E-state index in [1.807, 2.05) is 0 Å². The Kier molecular flexibility index (Phi) is 3.93. The lowest BCUT2D eigenvalue weighted by atomic mass is 10.9. The molecule has 1 atom stereocenters. The van der Waals surface area contributed by atoms with Gasteiger partial charge in [-0.15, -0.1) is 0 Å². The van der Waals surface area contributed by atoms with Gasteiger partial charge in [0.05, 0.1) is 8.07 Å². The molecule has 0 N–H and O–H groups in total. The second-order valence-corrected chi connectivity index (χ2v) is 17.5. The van der Waals surface area contributed by atoms with Crippen LogP contribution in [0.3, 0.4) is 0 Å². The summed E-state index contributed by atoms with van der Waals surface area (Å²) >= 11 is 4.46. The second-order valence-electron chi connectivity index (χ2n) is 5.23. The maximum atomic E-state index is 4.46. The minimum absolute atomic E-state index is 0.904. The molecule has 3 heteroatoms. The fourth-order valence-electron chi connectivity index (χ4n) is 1.31. The zero-order valence-electron chi connectivity index (χ0n) is 8.73. The Hall–Kier alpha value is 0.784. The van der Waals surface area contributed by atoms with E-state index in [9.17, 15) is 0 Å². The van der Waals surface area contributed by atoms with Crippen LogP contribution >= 0.6 is 12.6 Å². The lowest BCUT2D eigenvalue weighted by Crippen LogP contribution is -2.45. The van der Waals surface area contributed by atoms with E-state index in [1.165, 1.54) is 0 Å². The summed E-state index contributed by atoms with van der Waals surface area (Å²) in [5.41, 5.74) is 0. The highest BCUT2D eigenvalue weighted by Gasteiger charge is 2.35. The van der Waals surface area contributed by atoms with Crippen molar-refractivity contribution in [3.63, 3.8) is 0 Å². The fraction of sp³-hybridized carbons (Fsp3) is 1.00. The van der Waals surface area contributed by atoms with Crippen LogP contribution in [0.15, 0.2) is 0 Å². The molecule has 1 unspecified atom stereocenters. The third-order valence-electron chi connectivity index (χ3n) is 2.88. The van der Waals surface area contributed by atoms with Crippen molar-refractivity contribution in [1.82, 2.24) is 0 Å². The van der Waals surface area contributed by atoms with Gasteiger partial charge in [0.1, 0.15) is 0 Å². The predicted octanol–water partition coefficient (Wildman–Crippen LogP) is 3.43. The van der Waals surface area contributed by atoms with Crippen LogP contribution in [-0.2, 0) is 0 Å². The Morgan fingerprint density at radius 2 is 1.45 bits per heavy atom. The molecule has 0 heterocycles. The average molecular weight is 207 g/mol. The van der Waals surface area contributed by atoms with E-state index in [0.29, 0.717) is 0 Å². The molecular formula is C8H22SSi2. The summed E-state index contributed by atoms with van der Waals surface area (Å²) in [6.45, 7) is 14.8. The minimum Gasteiger partial charge on any atom is -0.182 e. The summed E-state index contributed by atoms with van der Waals surface area (Å²) in [5, 5.41) is 2.12. The van der Waals surface area contributed by atoms with E-state index < -0.39 is 16.1 Å². The molecule has 0 fully saturated rings. The number of thiol groups is 1. The summed E-state index contributed by atoms with van der Waals surface area (Å²) in [7, 11) is -1.89. The Balaban J connectivity index is 4.35. The Morgan fingerprint density at radius 3 is 1.55 bits per heavy atom. The summed E-state index contributed by atoms with van der Waals surface area (Å²) in [6, 6.07) is 0. The topological polar surface area (TPSA) is 0 Å². The van der Waals surface area contributed by atoms with Gasteiger partial charge in [-0.25, -0.2) is 0 Å². The first kappa shape index (κ1) is 11.8. The smallest absolute Gasteiger partial charge is 0.0577 e. The van der Waals surface area contributed by atoms with Crippen molar-refractivity contribution in [3.05, 3.63) is 0 Å². The SMILES string of the molecule is CC([Si](C)(C)C)[Si](C)(C)CS. The van der Waals surface area contributed by atoms with Gasteiger partial charge in [0, 0.05) is 8.07 Å². The number of hydrogen-bond acceptors (Lipinski definition) is 1. The van der Waals surface area contributed by atoms with Crippen LogP contribution in [0, 0.1) is 0 Å². The Bertz CT molecular complexity index is 127. The van der Waals surface area contributed by atoms with Crippen molar-refractivity contribution in [2.45, 2.75) is 44.8 Å². The van der Waals surface area contributed by atoms with E-state index in [4.69, 9.17) is 0 Å². The first-order chi connectivity index (χ1) is 4.72. The van der Waals surface area contributed by atoms with Crippen molar-refractivity contribution in [2.75, 3.05) is 5.38 Å². The van der Waals surface area contributed by atoms with Gasteiger partial charge in [-0.05, 0) is 5.38 Å². The molecule has 0 aliphatic rings. The lowest BCUT2D eigenvalue weighted by Gasteiger charge is -2.37. The summed E-state index contributed by atoms with van der Waals surface area (Å²) in [5.74, 6) is 0. The molecule has 0 rings (SSSR count). The van der Waals surface area contributed by atoms with Gasteiger partial charge >= 0.3 is 0 Å². The molecule has 0 nitrogen and oxygen atoms in total. The molecule has 0 aliphatic carbocycles. The third-order valence-corrected chi connectivity index (χ3v) is 16.0. The predicted molar refractivity (Wildman–Crippen MR) is 64.1 cm³/mol. The third kappa shape index (κ3) is 3.34. The van der Waals surface area contributed by atoms with Crippen LogP contribution in [0.5, 0.6) is 0 Å². The van der Waals surface area contributed by atoms with Crippen molar-refractivity contribution in [2.24, 2.45) is 0 Å². The molecule has 0 radical (unpaired) electrons. The van der Waals surface area contributed by atoms with Gasteiger partial charge in [-0.1, -0.05) is 44.8 Å². The highest BCUT2D eigenvalue weighted by atomic mass is 32.1. The lowest BCUT2D eigenvalue weighted by molar-refractivity contribution is 1.17. The van der Waals surface area contributed by atoms with Gasteiger partial charge < -0.3 is 0 Å². The van der Waals surface area contributed by atoms with Crippen LogP contribution in [0.2, 0.25) is 37.9 Å². The quantitative estimate of drug-likeness (QED) is 0.531. The van der Waals surface area contributed by atoms with Crippen molar-refractivity contribution >= 4 is 28.8 Å². The minimum atomic E-state index is -0.990. The Labute approximate surface area is 79.2 Å². The molecule has 0 aromatic heterocycles. The zero-order chi connectivity index (χ0) is 9.28. The number of rotatable bonds is 3. The molecule has 0 aromatic carbocycles. The first-order valence-corrected chi connectivity index (χ1v) is 11.8. The fourth-order valence-corrected chi connectivity index (χ4v) is 12.6. The molecule has 0 saturated carbocycles. The standard InChI is InChI=1S/C8H22SSi2/c1-8(10(2,3)4)11(5,6)7-9/h8-9H,7H2,1-6H3. The maximum Gasteiger partial charge on any atom is 0.0577 e. The van der Waals surface area contributed by atoms with E-state index in [0.717, 1.165) is 10.5 Å². The molecule has 0 bridgehead atoms. The van der Waals surface area contributed by atoms with E-state index >= 15 is 0 Å². The zero-order valence-corrected chi connectivity index (χ0v) is 11.6. The highest BCUT2D eigenvalue weighted by molar-refractivity contribution is 7.82. The summed E-state index contributed by atoms with van der Waals surface area (Å²) in [6.07, 6.45) is 0. The van der Waals surface area contributed by atoms with Crippen LogP contribution in [-0.4, -0.2) is 21.5 Å². The summed E-state index contributed by atoms with van der Waals surface area (Å²) in [4.78, 5) is 0. The Morgan fingerprint density at radius 1 is 1.09 bits per heavy atom. The number of hydrogen-bond donors (Lipinski definition) is 1. The van der Waals surface area contributed by atoms with Crippen molar-refractivity contribution < 1.29 is 0 Å².